The molecule has 116 valence electrons. The van der Waals surface area contributed by atoms with Crippen LogP contribution in [-0.2, 0) is 6.42 Å². The zero-order valence-electron chi connectivity index (χ0n) is 12.2. The fraction of sp³-hybridized carbons (Fsp3) is 0.250. The topological polar surface area (TPSA) is 79.1 Å². The van der Waals surface area contributed by atoms with E-state index in [2.05, 4.69) is 21.1 Å². The molecule has 0 fully saturated rings. The van der Waals surface area contributed by atoms with Gasteiger partial charge in [-0.2, -0.15) is 4.91 Å². The first-order valence-electron chi connectivity index (χ1n) is 6.68. The molecule has 0 spiro atoms. The van der Waals surface area contributed by atoms with Gasteiger partial charge in [0.1, 0.15) is 17.2 Å². The number of rotatable bonds is 5. The number of phenols is 2. The molecule has 0 aliphatic rings. The van der Waals surface area contributed by atoms with Crippen molar-refractivity contribution in [1.29, 1.82) is 0 Å². The molecule has 1 unspecified atom stereocenters. The Balaban J connectivity index is 2.67. The minimum absolute atomic E-state index is 0.0675. The lowest BCUT2D eigenvalue weighted by molar-refractivity contribution is 0.415. The monoisotopic (exact) mass is 365 g/mol. The molecular weight excluding hydrogens is 350 g/mol. The third kappa shape index (κ3) is 3.22. The summed E-state index contributed by atoms with van der Waals surface area (Å²) >= 11 is 3.32. The second-order valence-electron chi connectivity index (χ2n) is 4.97. The minimum Gasteiger partial charge on any atom is -0.507 e. The smallest absolute Gasteiger partial charge is 0.133 e. The van der Waals surface area contributed by atoms with Crippen molar-refractivity contribution in [2.24, 2.45) is 5.18 Å². The molecular formula is C16H16BrNO4. The van der Waals surface area contributed by atoms with Crippen LogP contribution < -0.4 is 4.74 Å². The van der Waals surface area contributed by atoms with E-state index in [1.165, 1.54) is 6.07 Å². The molecule has 2 aromatic carbocycles. The normalized spacial score (nSPS) is 12.0. The SMILES string of the molecule is COc1cccc(-c2c(O)cc(O)c(Br)c2CC(C)N=O)c1. The molecule has 2 N–H and O–H groups in total. The third-order valence-electron chi connectivity index (χ3n) is 3.36. The summed E-state index contributed by atoms with van der Waals surface area (Å²) in [6.45, 7) is 1.68. The average Bonchev–Trinajstić information content (AvgIpc) is 2.52. The van der Waals surface area contributed by atoms with E-state index in [-0.39, 0.29) is 11.5 Å². The van der Waals surface area contributed by atoms with Crippen molar-refractivity contribution in [3.8, 4) is 28.4 Å². The Hall–Kier alpha value is -2.08. The predicted molar refractivity (Wildman–Crippen MR) is 88.4 cm³/mol. The van der Waals surface area contributed by atoms with Gasteiger partial charge in [0.2, 0.25) is 0 Å². The van der Waals surface area contributed by atoms with Crippen LogP contribution in [0, 0.1) is 4.91 Å². The van der Waals surface area contributed by atoms with Gasteiger partial charge in [0.05, 0.1) is 17.6 Å². The van der Waals surface area contributed by atoms with E-state index in [1.54, 1.807) is 32.2 Å². The first kappa shape index (κ1) is 16.3. The summed E-state index contributed by atoms with van der Waals surface area (Å²) < 4.78 is 5.64. The molecule has 2 aromatic rings. The average molecular weight is 366 g/mol. The van der Waals surface area contributed by atoms with Crippen molar-refractivity contribution in [1.82, 2.24) is 0 Å². The zero-order chi connectivity index (χ0) is 16.3. The highest BCUT2D eigenvalue weighted by atomic mass is 79.9. The molecule has 0 aromatic heterocycles. The summed E-state index contributed by atoms with van der Waals surface area (Å²) in [6, 6.07) is 7.98. The highest BCUT2D eigenvalue weighted by Crippen LogP contribution is 2.43. The third-order valence-corrected chi connectivity index (χ3v) is 4.24. The molecule has 0 aliphatic heterocycles. The Labute approximate surface area is 136 Å². The van der Waals surface area contributed by atoms with Gasteiger partial charge in [0, 0.05) is 11.6 Å². The summed E-state index contributed by atoms with van der Waals surface area (Å²) in [7, 11) is 1.56. The number of aromatic hydroxyl groups is 2. The van der Waals surface area contributed by atoms with Crippen LogP contribution >= 0.6 is 15.9 Å². The van der Waals surface area contributed by atoms with E-state index in [0.717, 1.165) is 5.56 Å². The van der Waals surface area contributed by atoms with Gasteiger partial charge in [0.15, 0.2) is 0 Å². The Morgan fingerprint density at radius 1 is 1.27 bits per heavy atom. The van der Waals surface area contributed by atoms with Crippen molar-refractivity contribution in [3.05, 3.63) is 45.3 Å². The van der Waals surface area contributed by atoms with Crippen LogP contribution in [0.1, 0.15) is 12.5 Å². The summed E-state index contributed by atoms with van der Waals surface area (Å²) in [5, 5.41) is 23.2. The first-order valence-corrected chi connectivity index (χ1v) is 7.47. The summed E-state index contributed by atoms with van der Waals surface area (Å²) in [4.78, 5) is 10.7. The highest BCUT2D eigenvalue weighted by molar-refractivity contribution is 9.10. The maximum Gasteiger partial charge on any atom is 0.133 e. The number of halogens is 1. The summed E-state index contributed by atoms with van der Waals surface area (Å²) in [5.74, 6) is 0.493. The second-order valence-corrected chi connectivity index (χ2v) is 5.77. The minimum atomic E-state index is -0.484. The van der Waals surface area contributed by atoms with Gasteiger partial charge >= 0.3 is 0 Å². The molecule has 0 bridgehead atoms. The predicted octanol–water partition coefficient (Wildman–Crippen LogP) is 4.23. The quantitative estimate of drug-likeness (QED) is 0.776. The van der Waals surface area contributed by atoms with Crippen LogP contribution in [0.2, 0.25) is 0 Å². The Morgan fingerprint density at radius 3 is 2.64 bits per heavy atom. The van der Waals surface area contributed by atoms with Gasteiger partial charge in [-0.25, -0.2) is 0 Å². The number of nitrogens with zero attached hydrogens (tertiary/aromatic N) is 1. The molecule has 0 saturated heterocycles. The van der Waals surface area contributed by atoms with Gasteiger partial charge in [-0.05, 0) is 52.5 Å². The van der Waals surface area contributed by atoms with E-state index < -0.39 is 6.04 Å². The van der Waals surface area contributed by atoms with Crippen LogP contribution in [0.15, 0.2) is 40.0 Å². The van der Waals surface area contributed by atoms with Gasteiger partial charge in [-0.1, -0.05) is 17.3 Å². The first-order chi connectivity index (χ1) is 10.5. The van der Waals surface area contributed by atoms with Crippen molar-refractivity contribution < 1.29 is 14.9 Å². The van der Waals surface area contributed by atoms with Crippen molar-refractivity contribution in [2.75, 3.05) is 7.11 Å². The number of methoxy groups -OCH3 is 1. The molecule has 0 saturated carbocycles. The number of benzene rings is 2. The molecule has 0 radical (unpaired) electrons. The van der Waals surface area contributed by atoms with Crippen LogP contribution in [-0.4, -0.2) is 23.4 Å². The van der Waals surface area contributed by atoms with E-state index in [4.69, 9.17) is 4.74 Å². The van der Waals surface area contributed by atoms with E-state index in [9.17, 15) is 15.1 Å². The molecule has 22 heavy (non-hydrogen) atoms. The van der Waals surface area contributed by atoms with Crippen molar-refractivity contribution >= 4 is 15.9 Å². The fourth-order valence-corrected chi connectivity index (χ4v) is 2.78. The molecule has 5 nitrogen and oxygen atoms in total. The molecule has 2 rings (SSSR count). The molecule has 6 heteroatoms. The zero-order valence-corrected chi connectivity index (χ0v) is 13.8. The maximum absolute atomic E-state index is 10.7. The Bertz CT molecular complexity index is 703. The lowest BCUT2D eigenvalue weighted by atomic mass is 9.94. The summed E-state index contributed by atoms with van der Waals surface area (Å²) in [5.41, 5.74) is 1.89. The van der Waals surface area contributed by atoms with Crippen LogP contribution in [0.4, 0.5) is 0 Å². The lowest BCUT2D eigenvalue weighted by Crippen LogP contribution is -2.05. The van der Waals surface area contributed by atoms with E-state index in [1.807, 2.05) is 6.07 Å². The number of phenolic OH excluding ortho intramolecular Hbond substituents is 2. The number of hydrogen-bond donors (Lipinski definition) is 2. The number of nitroso groups, excluding NO2 is 1. The van der Waals surface area contributed by atoms with Gasteiger partial charge < -0.3 is 14.9 Å². The van der Waals surface area contributed by atoms with Crippen LogP contribution in [0.3, 0.4) is 0 Å². The second kappa shape index (κ2) is 6.79. The maximum atomic E-state index is 10.7. The number of hydrogen-bond acceptors (Lipinski definition) is 5. The number of ether oxygens (including phenoxy) is 1. The fourth-order valence-electron chi connectivity index (χ4n) is 2.31. The Kier molecular flexibility index (Phi) is 5.03. The Morgan fingerprint density at radius 2 is 2.00 bits per heavy atom. The van der Waals surface area contributed by atoms with Crippen molar-refractivity contribution in [2.45, 2.75) is 19.4 Å². The van der Waals surface area contributed by atoms with Crippen molar-refractivity contribution in [3.63, 3.8) is 0 Å². The standard InChI is InChI=1S/C16H16BrNO4/c1-9(18-21)6-12-15(13(19)8-14(20)16(12)17)10-4-3-5-11(7-10)22-2/h3-5,7-9,19-20H,6H2,1-2H3. The van der Waals surface area contributed by atoms with E-state index >= 15 is 0 Å². The molecule has 0 aliphatic carbocycles. The molecule has 1 atom stereocenters. The molecule has 0 heterocycles. The van der Waals surface area contributed by atoms with Crippen LogP contribution in [0.25, 0.3) is 11.1 Å². The molecule has 0 amide bonds. The van der Waals surface area contributed by atoms with Gasteiger partial charge in [0.25, 0.3) is 0 Å². The van der Waals surface area contributed by atoms with Gasteiger partial charge in [-0.3, -0.25) is 0 Å². The lowest BCUT2D eigenvalue weighted by Gasteiger charge is -2.16. The largest absolute Gasteiger partial charge is 0.507 e. The van der Waals surface area contributed by atoms with E-state index in [0.29, 0.717) is 27.8 Å². The van der Waals surface area contributed by atoms with Crippen LogP contribution in [0.5, 0.6) is 17.2 Å². The van der Waals surface area contributed by atoms with Gasteiger partial charge in [-0.15, -0.1) is 0 Å². The highest BCUT2D eigenvalue weighted by Gasteiger charge is 2.20. The summed E-state index contributed by atoms with van der Waals surface area (Å²) in [6.07, 6.45) is 0.290.